The SMILES string of the molecule is CCCCCCC(CCCC)C(O)I. The molecule has 0 saturated heterocycles. The maximum atomic E-state index is 9.58. The number of aliphatic hydroxyl groups is 1. The highest BCUT2D eigenvalue weighted by atomic mass is 127. The van der Waals surface area contributed by atoms with Gasteiger partial charge in [-0.25, -0.2) is 0 Å². The van der Waals surface area contributed by atoms with Crippen LogP contribution in [0.2, 0.25) is 0 Å². The first-order valence-electron chi connectivity index (χ1n) is 6.04. The van der Waals surface area contributed by atoms with E-state index in [1.807, 2.05) is 0 Å². The van der Waals surface area contributed by atoms with Crippen molar-refractivity contribution in [2.45, 2.75) is 69.3 Å². The Balaban J connectivity index is 3.52. The van der Waals surface area contributed by atoms with E-state index in [1.165, 1.54) is 51.4 Å². The van der Waals surface area contributed by atoms with Crippen molar-refractivity contribution in [3.05, 3.63) is 0 Å². The van der Waals surface area contributed by atoms with E-state index in [0.717, 1.165) is 0 Å². The molecule has 2 heteroatoms. The summed E-state index contributed by atoms with van der Waals surface area (Å²) in [6.07, 6.45) is 10.2. The van der Waals surface area contributed by atoms with Crippen LogP contribution < -0.4 is 0 Å². The third-order valence-electron chi connectivity index (χ3n) is 2.75. The average Bonchev–Trinajstić information content (AvgIpc) is 2.16. The predicted molar refractivity (Wildman–Crippen MR) is 71.8 cm³/mol. The molecule has 0 aliphatic carbocycles. The molecule has 1 N–H and O–H groups in total. The van der Waals surface area contributed by atoms with E-state index in [-0.39, 0.29) is 4.11 Å². The summed E-state index contributed by atoms with van der Waals surface area (Å²) in [6, 6.07) is 0. The molecule has 0 aromatic rings. The third-order valence-corrected chi connectivity index (χ3v) is 3.76. The fourth-order valence-corrected chi connectivity index (χ4v) is 2.44. The smallest absolute Gasteiger partial charge is 0.108 e. The number of hydrogen-bond acceptors (Lipinski definition) is 1. The molecular weight excluding hydrogens is 287 g/mol. The van der Waals surface area contributed by atoms with Gasteiger partial charge in [-0.1, -0.05) is 75.0 Å². The lowest BCUT2D eigenvalue weighted by atomic mass is 9.96. The first-order chi connectivity index (χ1) is 6.72. The molecule has 2 unspecified atom stereocenters. The zero-order chi connectivity index (χ0) is 10.8. The van der Waals surface area contributed by atoms with E-state index < -0.39 is 0 Å². The predicted octanol–water partition coefficient (Wildman–Crippen LogP) is 4.52. The molecule has 0 rings (SSSR count). The summed E-state index contributed by atoms with van der Waals surface area (Å²) in [5, 5.41) is 9.58. The van der Waals surface area contributed by atoms with Gasteiger partial charge in [0.15, 0.2) is 0 Å². The third kappa shape index (κ3) is 8.04. The summed E-state index contributed by atoms with van der Waals surface area (Å²) in [5.74, 6) is 0.535. The molecule has 0 saturated carbocycles. The number of hydrogen-bond donors (Lipinski definition) is 1. The first-order valence-corrected chi connectivity index (χ1v) is 7.29. The Kier molecular flexibility index (Phi) is 10.7. The van der Waals surface area contributed by atoms with Crippen LogP contribution in [0.5, 0.6) is 0 Å². The van der Waals surface area contributed by atoms with Gasteiger partial charge >= 0.3 is 0 Å². The molecule has 0 aromatic heterocycles. The van der Waals surface area contributed by atoms with Crippen molar-refractivity contribution in [1.29, 1.82) is 0 Å². The minimum Gasteiger partial charge on any atom is -0.382 e. The van der Waals surface area contributed by atoms with E-state index in [2.05, 4.69) is 36.4 Å². The van der Waals surface area contributed by atoms with Gasteiger partial charge in [0, 0.05) is 0 Å². The van der Waals surface area contributed by atoms with Gasteiger partial charge in [0.1, 0.15) is 4.11 Å². The summed E-state index contributed by atoms with van der Waals surface area (Å²) in [4.78, 5) is 0. The van der Waals surface area contributed by atoms with Crippen LogP contribution in [0, 0.1) is 5.92 Å². The molecule has 1 nitrogen and oxygen atoms in total. The Labute approximate surface area is 103 Å². The normalized spacial score (nSPS) is 15.4. The van der Waals surface area contributed by atoms with Gasteiger partial charge in [-0.3, -0.25) is 0 Å². The fourth-order valence-electron chi connectivity index (χ4n) is 1.72. The van der Waals surface area contributed by atoms with Crippen LogP contribution in [0.1, 0.15) is 65.2 Å². The lowest BCUT2D eigenvalue weighted by Gasteiger charge is -2.18. The minimum atomic E-state index is -0.138. The largest absolute Gasteiger partial charge is 0.382 e. The molecule has 0 aromatic carbocycles. The van der Waals surface area contributed by atoms with E-state index >= 15 is 0 Å². The standard InChI is InChI=1S/C12H25IO/c1-3-5-7-8-10-11(12(13)14)9-6-4-2/h11-12,14H,3-10H2,1-2H3. The van der Waals surface area contributed by atoms with Crippen molar-refractivity contribution in [2.24, 2.45) is 5.92 Å². The van der Waals surface area contributed by atoms with Crippen molar-refractivity contribution in [3.8, 4) is 0 Å². The average molecular weight is 312 g/mol. The molecule has 0 fully saturated rings. The highest BCUT2D eigenvalue weighted by Crippen LogP contribution is 2.24. The summed E-state index contributed by atoms with van der Waals surface area (Å²) in [6.45, 7) is 4.45. The highest BCUT2D eigenvalue weighted by molar-refractivity contribution is 14.1. The van der Waals surface area contributed by atoms with Crippen LogP contribution in [0.25, 0.3) is 0 Å². The lowest BCUT2D eigenvalue weighted by Crippen LogP contribution is -2.13. The van der Waals surface area contributed by atoms with Gasteiger partial charge < -0.3 is 5.11 Å². The quantitative estimate of drug-likeness (QED) is 0.377. The molecule has 0 aliphatic rings. The molecule has 0 bridgehead atoms. The monoisotopic (exact) mass is 312 g/mol. The molecule has 14 heavy (non-hydrogen) atoms. The molecule has 0 amide bonds. The maximum Gasteiger partial charge on any atom is 0.108 e. The molecule has 0 aliphatic heterocycles. The van der Waals surface area contributed by atoms with Crippen LogP contribution in [0.3, 0.4) is 0 Å². The van der Waals surface area contributed by atoms with Gasteiger partial charge in [0.2, 0.25) is 0 Å². The topological polar surface area (TPSA) is 20.2 Å². The number of rotatable bonds is 9. The molecule has 0 spiro atoms. The van der Waals surface area contributed by atoms with Crippen molar-refractivity contribution in [3.63, 3.8) is 0 Å². The van der Waals surface area contributed by atoms with Gasteiger partial charge in [0.25, 0.3) is 0 Å². The van der Waals surface area contributed by atoms with E-state index in [4.69, 9.17) is 0 Å². The summed E-state index contributed by atoms with van der Waals surface area (Å²) >= 11 is 2.16. The van der Waals surface area contributed by atoms with Gasteiger partial charge in [0.05, 0.1) is 0 Å². The van der Waals surface area contributed by atoms with Gasteiger partial charge in [-0.05, 0) is 18.8 Å². The Hall–Kier alpha value is 0.690. The Morgan fingerprint density at radius 2 is 1.50 bits per heavy atom. The molecule has 0 heterocycles. The van der Waals surface area contributed by atoms with Crippen molar-refractivity contribution < 1.29 is 5.11 Å². The minimum absolute atomic E-state index is 0.138. The Morgan fingerprint density at radius 1 is 0.929 bits per heavy atom. The second-order valence-electron chi connectivity index (χ2n) is 4.12. The summed E-state index contributed by atoms with van der Waals surface area (Å²) in [7, 11) is 0. The molecule has 2 atom stereocenters. The molecule has 86 valence electrons. The zero-order valence-electron chi connectivity index (χ0n) is 9.64. The summed E-state index contributed by atoms with van der Waals surface area (Å²) < 4.78 is -0.138. The number of alkyl halides is 1. The number of halogens is 1. The van der Waals surface area contributed by atoms with Crippen LogP contribution in [0.15, 0.2) is 0 Å². The second-order valence-corrected chi connectivity index (χ2v) is 5.40. The van der Waals surface area contributed by atoms with Crippen molar-refractivity contribution >= 4 is 22.6 Å². The maximum absolute atomic E-state index is 9.58. The second kappa shape index (κ2) is 10.2. The van der Waals surface area contributed by atoms with E-state index in [9.17, 15) is 5.11 Å². The highest BCUT2D eigenvalue weighted by Gasteiger charge is 2.14. The molecule has 0 radical (unpaired) electrons. The van der Waals surface area contributed by atoms with Crippen LogP contribution in [-0.2, 0) is 0 Å². The van der Waals surface area contributed by atoms with Crippen LogP contribution >= 0.6 is 22.6 Å². The summed E-state index contributed by atoms with van der Waals surface area (Å²) in [5.41, 5.74) is 0. The number of aliphatic hydroxyl groups excluding tert-OH is 1. The van der Waals surface area contributed by atoms with Crippen molar-refractivity contribution in [2.75, 3.05) is 0 Å². The fraction of sp³-hybridized carbons (Fsp3) is 1.00. The Morgan fingerprint density at radius 3 is 2.00 bits per heavy atom. The van der Waals surface area contributed by atoms with Crippen LogP contribution in [0.4, 0.5) is 0 Å². The zero-order valence-corrected chi connectivity index (χ0v) is 11.8. The van der Waals surface area contributed by atoms with Crippen LogP contribution in [-0.4, -0.2) is 9.22 Å². The first kappa shape index (κ1) is 14.7. The van der Waals surface area contributed by atoms with E-state index in [0.29, 0.717) is 5.92 Å². The van der Waals surface area contributed by atoms with Crippen molar-refractivity contribution in [1.82, 2.24) is 0 Å². The van der Waals surface area contributed by atoms with E-state index in [1.54, 1.807) is 0 Å². The van der Waals surface area contributed by atoms with Gasteiger partial charge in [-0.2, -0.15) is 0 Å². The Bertz CT molecular complexity index is 115. The molecular formula is C12H25IO. The number of unbranched alkanes of at least 4 members (excludes halogenated alkanes) is 4. The lowest BCUT2D eigenvalue weighted by molar-refractivity contribution is 0.187. The van der Waals surface area contributed by atoms with Gasteiger partial charge in [-0.15, -0.1) is 0 Å².